The first-order valence-electron chi connectivity index (χ1n) is 13.1. The molecule has 4 aromatic carbocycles. The second-order valence-corrected chi connectivity index (χ2v) is 11.2. The molecule has 0 saturated heterocycles. The molecule has 0 unspecified atom stereocenters. The van der Waals surface area contributed by atoms with Crippen molar-refractivity contribution in [3.05, 3.63) is 144 Å². The molecule has 6 nitrogen and oxygen atoms in total. The molecule has 1 aromatic heterocycles. The molecular formula is C34H27N3O3S. The van der Waals surface area contributed by atoms with Gasteiger partial charge in [-0.05, 0) is 64.8 Å². The molecule has 0 atom stereocenters. The van der Waals surface area contributed by atoms with Crippen LogP contribution in [-0.2, 0) is 17.2 Å². The first-order chi connectivity index (χ1) is 19.8. The van der Waals surface area contributed by atoms with Crippen molar-refractivity contribution in [3.63, 3.8) is 0 Å². The summed E-state index contributed by atoms with van der Waals surface area (Å²) in [6.45, 7) is 0. The Balaban J connectivity index is 1.58. The maximum atomic E-state index is 11.9. The lowest BCUT2D eigenvalue weighted by Crippen LogP contribution is -2.01. The molecule has 6 rings (SSSR count). The van der Waals surface area contributed by atoms with E-state index in [9.17, 15) is 13.0 Å². The molecule has 0 aliphatic heterocycles. The van der Waals surface area contributed by atoms with Gasteiger partial charge in [-0.25, -0.2) is 4.99 Å². The monoisotopic (exact) mass is 557 g/mol. The Labute approximate surface area is 238 Å². The van der Waals surface area contributed by atoms with Crippen LogP contribution < -0.4 is 5.73 Å². The number of nitrogens with two attached hydrogens (primary N) is 1. The average Bonchev–Trinajstić information content (AvgIpc) is 3.27. The Kier molecular flexibility index (Phi) is 6.75. The maximum absolute atomic E-state index is 11.9. The molecule has 202 valence electrons. The minimum absolute atomic E-state index is 0.172. The summed E-state index contributed by atoms with van der Waals surface area (Å²) in [5.41, 5.74) is 14.9. The van der Waals surface area contributed by atoms with Crippen LogP contribution in [0.4, 0.5) is 11.4 Å². The van der Waals surface area contributed by atoms with Gasteiger partial charge in [0.25, 0.3) is 10.1 Å². The number of benzene rings is 4. The van der Waals surface area contributed by atoms with E-state index in [2.05, 4.69) is 46.9 Å². The summed E-state index contributed by atoms with van der Waals surface area (Å²) >= 11 is 0. The van der Waals surface area contributed by atoms with Crippen LogP contribution in [0.1, 0.15) is 11.1 Å². The second-order valence-electron chi connectivity index (χ2n) is 9.76. The molecule has 3 N–H and O–H groups in total. The van der Waals surface area contributed by atoms with Crippen LogP contribution >= 0.6 is 0 Å². The number of allylic oxidation sites excluding steroid dienone is 5. The van der Waals surface area contributed by atoms with E-state index in [1.807, 2.05) is 72.8 Å². The molecule has 41 heavy (non-hydrogen) atoms. The van der Waals surface area contributed by atoms with E-state index in [4.69, 9.17) is 5.73 Å². The highest BCUT2D eigenvalue weighted by atomic mass is 32.2. The third-order valence-corrected chi connectivity index (χ3v) is 8.05. The molecule has 0 spiro atoms. The number of para-hydroxylation sites is 2. The van der Waals surface area contributed by atoms with Crippen molar-refractivity contribution in [3.8, 4) is 11.3 Å². The molecule has 0 fully saturated rings. The number of hydrogen-bond donors (Lipinski definition) is 2. The van der Waals surface area contributed by atoms with Crippen molar-refractivity contribution >= 4 is 43.7 Å². The quantitative estimate of drug-likeness (QED) is 0.174. The Morgan fingerprint density at radius 3 is 2.12 bits per heavy atom. The Bertz CT molecular complexity index is 2000. The summed E-state index contributed by atoms with van der Waals surface area (Å²) in [6, 6.07) is 32.7. The minimum atomic E-state index is -4.41. The van der Waals surface area contributed by atoms with E-state index in [1.54, 1.807) is 18.2 Å². The van der Waals surface area contributed by atoms with Crippen LogP contribution in [0.3, 0.4) is 0 Å². The smallest absolute Gasteiger partial charge is 0.296 e. The standard InChI is InChI=1S/C34H27N3O3S/c1-37-30-13-7-5-11-28(30)33(34(37)25-9-3-2-4-10-25)32(23-15-19-26(35)20-16-23)24-17-21-27(22-18-24)36-29-12-6-8-14-31(29)41(38,39)40/h2-22H,35H2,1H3,(H,38,39,40). The van der Waals surface area contributed by atoms with Gasteiger partial charge in [-0.2, -0.15) is 8.42 Å². The average molecular weight is 558 g/mol. The summed E-state index contributed by atoms with van der Waals surface area (Å²) in [7, 11) is -2.32. The number of fused-ring (bicyclic) bond motifs is 1. The van der Waals surface area contributed by atoms with Gasteiger partial charge in [0, 0.05) is 29.2 Å². The number of hydrogen-bond acceptors (Lipinski definition) is 4. The zero-order chi connectivity index (χ0) is 28.6. The van der Waals surface area contributed by atoms with E-state index in [-0.39, 0.29) is 10.6 Å². The van der Waals surface area contributed by atoms with Gasteiger partial charge in [0.1, 0.15) is 4.90 Å². The van der Waals surface area contributed by atoms with Gasteiger partial charge in [-0.1, -0.05) is 84.9 Å². The highest BCUT2D eigenvalue weighted by Crippen LogP contribution is 2.42. The summed E-state index contributed by atoms with van der Waals surface area (Å²) in [5, 5.41) is 1.12. The lowest BCUT2D eigenvalue weighted by atomic mass is 9.87. The zero-order valence-electron chi connectivity index (χ0n) is 22.3. The highest BCUT2D eigenvalue weighted by Gasteiger charge is 2.23. The summed E-state index contributed by atoms with van der Waals surface area (Å²) in [5.74, 6) is 0. The van der Waals surface area contributed by atoms with Crippen molar-refractivity contribution in [2.75, 3.05) is 5.73 Å². The Hall–Kier alpha value is -4.98. The number of aromatic nitrogens is 1. The van der Waals surface area contributed by atoms with E-state index in [1.165, 1.54) is 6.07 Å². The third-order valence-electron chi connectivity index (χ3n) is 7.15. The van der Waals surface area contributed by atoms with Gasteiger partial charge in [0.2, 0.25) is 0 Å². The fraction of sp³-hybridized carbons (Fsp3) is 0.0294. The van der Waals surface area contributed by atoms with E-state index in [0.29, 0.717) is 11.4 Å². The fourth-order valence-electron chi connectivity index (χ4n) is 5.29. The normalized spacial score (nSPS) is 13.1. The van der Waals surface area contributed by atoms with Gasteiger partial charge in [0.15, 0.2) is 0 Å². The third kappa shape index (κ3) is 5.04. The number of rotatable bonds is 5. The van der Waals surface area contributed by atoms with Gasteiger partial charge in [-0.15, -0.1) is 0 Å². The maximum Gasteiger partial charge on any atom is 0.296 e. The van der Waals surface area contributed by atoms with Crippen LogP contribution in [0.25, 0.3) is 27.7 Å². The lowest BCUT2D eigenvalue weighted by Gasteiger charge is -2.17. The van der Waals surface area contributed by atoms with E-state index in [0.717, 1.165) is 44.4 Å². The van der Waals surface area contributed by atoms with Gasteiger partial charge < -0.3 is 10.3 Å². The van der Waals surface area contributed by atoms with Crippen molar-refractivity contribution in [2.45, 2.75) is 4.90 Å². The second kappa shape index (κ2) is 10.5. The fourth-order valence-corrected chi connectivity index (χ4v) is 5.92. The predicted octanol–water partition coefficient (Wildman–Crippen LogP) is 7.37. The molecule has 1 heterocycles. The molecule has 0 bridgehead atoms. The summed E-state index contributed by atoms with van der Waals surface area (Å²) in [4.78, 5) is 4.28. The molecular weight excluding hydrogens is 530 g/mol. The molecule has 7 heteroatoms. The lowest BCUT2D eigenvalue weighted by molar-refractivity contribution is 0.483. The molecule has 5 aromatic rings. The summed E-state index contributed by atoms with van der Waals surface area (Å²) in [6.07, 6.45) is 7.66. The number of aryl methyl sites for hydroxylation is 1. The van der Waals surface area contributed by atoms with Gasteiger partial charge in [-0.3, -0.25) is 4.55 Å². The Morgan fingerprint density at radius 1 is 0.780 bits per heavy atom. The van der Waals surface area contributed by atoms with Gasteiger partial charge in [0.05, 0.1) is 17.1 Å². The predicted molar refractivity (Wildman–Crippen MR) is 167 cm³/mol. The van der Waals surface area contributed by atoms with E-state index < -0.39 is 10.1 Å². The first kappa shape index (κ1) is 26.3. The first-order valence-corrected chi connectivity index (χ1v) is 14.5. The minimum Gasteiger partial charge on any atom is -0.399 e. The molecule has 0 amide bonds. The van der Waals surface area contributed by atoms with Crippen molar-refractivity contribution in [2.24, 2.45) is 12.0 Å². The van der Waals surface area contributed by atoms with Crippen LogP contribution in [0.5, 0.6) is 0 Å². The largest absolute Gasteiger partial charge is 0.399 e. The van der Waals surface area contributed by atoms with Crippen LogP contribution in [-0.4, -0.2) is 23.2 Å². The number of anilines is 1. The van der Waals surface area contributed by atoms with E-state index >= 15 is 0 Å². The molecule has 1 aliphatic rings. The SMILES string of the molecule is Cn1c(-c2ccccc2)c(C(=C2C=CC(=Nc3ccccc3S(=O)(=O)O)C=C2)c2ccc(N)cc2)c2ccccc21. The number of aliphatic imine (C=N–C) groups is 1. The number of nitrogen functional groups attached to an aromatic ring is 1. The van der Waals surface area contributed by atoms with Crippen LogP contribution in [0.2, 0.25) is 0 Å². The topological polar surface area (TPSA) is 97.7 Å². The van der Waals surface area contributed by atoms with Crippen LogP contribution in [0.15, 0.2) is 143 Å². The molecule has 0 saturated carbocycles. The molecule has 0 radical (unpaired) electrons. The summed E-state index contributed by atoms with van der Waals surface area (Å²) < 4.78 is 35.6. The van der Waals surface area contributed by atoms with Crippen molar-refractivity contribution in [1.29, 1.82) is 0 Å². The molecule has 1 aliphatic carbocycles. The Morgan fingerprint density at radius 2 is 1.41 bits per heavy atom. The van der Waals surface area contributed by atoms with Crippen molar-refractivity contribution in [1.82, 2.24) is 4.57 Å². The van der Waals surface area contributed by atoms with Gasteiger partial charge >= 0.3 is 0 Å². The highest BCUT2D eigenvalue weighted by molar-refractivity contribution is 7.86. The van der Waals surface area contributed by atoms with Crippen molar-refractivity contribution < 1.29 is 13.0 Å². The number of nitrogens with zero attached hydrogens (tertiary/aromatic N) is 2. The van der Waals surface area contributed by atoms with Crippen LogP contribution in [0, 0.1) is 0 Å². The zero-order valence-corrected chi connectivity index (χ0v) is 23.1.